The fourth-order valence-corrected chi connectivity index (χ4v) is 3.98. The second-order valence-electron chi connectivity index (χ2n) is 5.62. The number of rotatable bonds is 4. The van der Waals surface area contributed by atoms with Crippen LogP contribution in [0.25, 0.3) is 11.4 Å². The summed E-state index contributed by atoms with van der Waals surface area (Å²) < 4.78 is 30.0. The summed E-state index contributed by atoms with van der Waals surface area (Å²) in [6.45, 7) is 1.01. The number of piperidine rings is 1. The van der Waals surface area contributed by atoms with E-state index < -0.39 is 10.0 Å². The first-order chi connectivity index (χ1) is 11.0. The molecule has 124 valence electrons. The topological polar surface area (TPSA) is 76.3 Å². The highest BCUT2D eigenvalue weighted by molar-refractivity contribution is 7.98. The number of nitrogens with zero attached hydrogens (tertiary/aromatic N) is 3. The number of aromatic nitrogens is 2. The molecular formula is C15H19N3O3S2. The Hall–Kier alpha value is -1.38. The smallest absolute Gasteiger partial charge is 0.230 e. The standard InChI is InChI=1S/C15H19N3O3S2/c1-22-13-5-3-11(4-6-13)14-16-15(21-17-14)12-7-9-18(10-8-12)23(2,19)20/h3-6,12H,7-10H2,1-2H3. The van der Waals surface area contributed by atoms with E-state index in [0.29, 0.717) is 37.6 Å². The average Bonchev–Trinajstić information content (AvgIpc) is 3.04. The monoisotopic (exact) mass is 353 g/mol. The van der Waals surface area contributed by atoms with Gasteiger partial charge in [-0.3, -0.25) is 0 Å². The molecule has 0 unspecified atom stereocenters. The molecule has 1 aromatic heterocycles. The highest BCUT2D eigenvalue weighted by Crippen LogP contribution is 2.29. The van der Waals surface area contributed by atoms with Crippen molar-refractivity contribution in [2.75, 3.05) is 25.6 Å². The third-order valence-electron chi connectivity index (χ3n) is 4.06. The lowest BCUT2D eigenvalue weighted by molar-refractivity contribution is 0.271. The molecule has 3 rings (SSSR count). The van der Waals surface area contributed by atoms with E-state index >= 15 is 0 Å². The number of thioether (sulfide) groups is 1. The molecule has 1 aliphatic rings. The Kier molecular flexibility index (Phi) is 4.74. The van der Waals surface area contributed by atoms with E-state index in [2.05, 4.69) is 10.1 Å². The van der Waals surface area contributed by atoms with Gasteiger partial charge in [0.25, 0.3) is 0 Å². The normalized spacial score (nSPS) is 17.5. The first-order valence-corrected chi connectivity index (χ1v) is 10.5. The van der Waals surface area contributed by atoms with Crippen molar-refractivity contribution in [1.29, 1.82) is 0 Å². The van der Waals surface area contributed by atoms with Crippen LogP contribution in [0.4, 0.5) is 0 Å². The third kappa shape index (κ3) is 3.76. The minimum absolute atomic E-state index is 0.125. The first-order valence-electron chi connectivity index (χ1n) is 7.40. The van der Waals surface area contributed by atoms with E-state index in [9.17, 15) is 8.42 Å². The molecular weight excluding hydrogens is 334 g/mol. The Labute approximate surface area is 140 Å². The van der Waals surface area contributed by atoms with Gasteiger partial charge in [-0.1, -0.05) is 5.16 Å². The lowest BCUT2D eigenvalue weighted by Gasteiger charge is -2.28. The van der Waals surface area contributed by atoms with Gasteiger partial charge < -0.3 is 4.52 Å². The van der Waals surface area contributed by atoms with E-state index in [-0.39, 0.29) is 5.92 Å². The molecule has 6 nitrogen and oxygen atoms in total. The molecule has 2 heterocycles. The van der Waals surface area contributed by atoms with E-state index in [1.807, 2.05) is 30.5 Å². The summed E-state index contributed by atoms with van der Waals surface area (Å²) in [5.74, 6) is 1.31. The number of sulfonamides is 1. The third-order valence-corrected chi connectivity index (χ3v) is 6.11. The maximum absolute atomic E-state index is 11.5. The Bertz CT molecular complexity index is 764. The van der Waals surface area contributed by atoms with Gasteiger partial charge in [0, 0.05) is 29.5 Å². The molecule has 2 aromatic rings. The molecule has 1 saturated heterocycles. The van der Waals surface area contributed by atoms with E-state index in [0.717, 1.165) is 5.56 Å². The Morgan fingerprint density at radius 3 is 2.43 bits per heavy atom. The van der Waals surface area contributed by atoms with E-state index in [1.54, 1.807) is 11.8 Å². The summed E-state index contributed by atoms with van der Waals surface area (Å²) in [5, 5.41) is 4.06. The van der Waals surface area contributed by atoms with Crippen molar-refractivity contribution in [3.8, 4) is 11.4 Å². The predicted octanol–water partition coefficient (Wildman–Crippen LogP) is 2.60. The van der Waals surface area contributed by atoms with Crippen molar-refractivity contribution in [2.45, 2.75) is 23.7 Å². The highest BCUT2D eigenvalue weighted by Gasteiger charge is 2.29. The molecule has 1 fully saturated rings. The molecule has 0 saturated carbocycles. The van der Waals surface area contributed by atoms with Gasteiger partial charge in [-0.15, -0.1) is 11.8 Å². The van der Waals surface area contributed by atoms with Gasteiger partial charge in [-0.2, -0.15) is 4.98 Å². The Morgan fingerprint density at radius 2 is 1.87 bits per heavy atom. The average molecular weight is 353 g/mol. The molecule has 8 heteroatoms. The minimum Gasteiger partial charge on any atom is -0.339 e. The van der Waals surface area contributed by atoms with Crippen LogP contribution in [-0.2, 0) is 10.0 Å². The molecule has 0 N–H and O–H groups in total. The predicted molar refractivity (Wildman–Crippen MR) is 89.9 cm³/mol. The van der Waals surface area contributed by atoms with Gasteiger partial charge in [-0.05, 0) is 43.4 Å². The van der Waals surface area contributed by atoms with Gasteiger partial charge in [0.2, 0.25) is 21.7 Å². The van der Waals surface area contributed by atoms with Gasteiger partial charge >= 0.3 is 0 Å². The lowest BCUT2D eigenvalue weighted by Crippen LogP contribution is -2.37. The van der Waals surface area contributed by atoms with Crippen LogP contribution in [0.3, 0.4) is 0 Å². The van der Waals surface area contributed by atoms with Crippen molar-refractivity contribution in [1.82, 2.24) is 14.4 Å². The van der Waals surface area contributed by atoms with Crippen LogP contribution < -0.4 is 0 Å². The number of hydrogen-bond acceptors (Lipinski definition) is 6. The van der Waals surface area contributed by atoms with Crippen LogP contribution in [0.15, 0.2) is 33.7 Å². The van der Waals surface area contributed by atoms with Crippen molar-refractivity contribution >= 4 is 21.8 Å². The highest BCUT2D eigenvalue weighted by atomic mass is 32.2. The van der Waals surface area contributed by atoms with Crippen molar-refractivity contribution in [3.05, 3.63) is 30.2 Å². The number of hydrogen-bond donors (Lipinski definition) is 0. The van der Waals surface area contributed by atoms with Crippen LogP contribution in [0.2, 0.25) is 0 Å². The van der Waals surface area contributed by atoms with Crippen LogP contribution in [0.5, 0.6) is 0 Å². The maximum atomic E-state index is 11.5. The quantitative estimate of drug-likeness (QED) is 0.787. The molecule has 0 bridgehead atoms. The minimum atomic E-state index is -3.11. The molecule has 0 amide bonds. The van der Waals surface area contributed by atoms with Gasteiger partial charge in [0.1, 0.15) is 0 Å². The SMILES string of the molecule is CSc1ccc(-c2noc(C3CCN(S(C)(=O)=O)CC3)n2)cc1. The fraction of sp³-hybridized carbons (Fsp3) is 0.467. The summed E-state index contributed by atoms with van der Waals surface area (Å²) in [6.07, 6.45) is 4.70. The largest absolute Gasteiger partial charge is 0.339 e. The fourth-order valence-electron chi connectivity index (χ4n) is 2.69. The first kappa shape index (κ1) is 16.5. The van der Waals surface area contributed by atoms with Gasteiger partial charge in [0.15, 0.2) is 0 Å². The molecule has 0 radical (unpaired) electrons. The van der Waals surface area contributed by atoms with Crippen LogP contribution in [0, 0.1) is 0 Å². The molecule has 23 heavy (non-hydrogen) atoms. The zero-order valence-corrected chi connectivity index (χ0v) is 14.7. The molecule has 0 atom stereocenters. The second-order valence-corrected chi connectivity index (χ2v) is 8.48. The molecule has 1 aromatic carbocycles. The molecule has 0 aliphatic carbocycles. The Morgan fingerprint density at radius 1 is 1.22 bits per heavy atom. The summed E-state index contributed by atoms with van der Waals surface area (Å²) in [6, 6.07) is 8.01. The molecule has 1 aliphatic heterocycles. The Balaban J connectivity index is 1.70. The van der Waals surface area contributed by atoms with Gasteiger partial charge in [0.05, 0.1) is 6.26 Å². The second kappa shape index (κ2) is 6.62. The molecule has 0 spiro atoms. The summed E-state index contributed by atoms with van der Waals surface area (Å²) in [5.41, 5.74) is 0.923. The summed E-state index contributed by atoms with van der Waals surface area (Å²) in [4.78, 5) is 5.68. The van der Waals surface area contributed by atoms with E-state index in [4.69, 9.17) is 4.52 Å². The van der Waals surface area contributed by atoms with Gasteiger partial charge in [-0.25, -0.2) is 12.7 Å². The summed E-state index contributed by atoms with van der Waals surface area (Å²) in [7, 11) is -3.11. The lowest BCUT2D eigenvalue weighted by atomic mass is 9.98. The van der Waals surface area contributed by atoms with Crippen molar-refractivity contribution in [2.24, 2.45) is 0 Å². The van der Waals surface area contributed by atoms with Crippen LogP contribution in [-0.4, -0.2) is 48.5 Å². The maximum Gasteiger partial charge on any atom is 0.230 e. The van der Waals surface area contributed by atoms with E-state index in [1.165, 1.54) is 15.5 Å². The van der Waals surface area contributed by atoms with Crippen LogP contribution >= 0.6 is 11.8 Å². The van der Waals surface area contributed by atoms with Crippen molar-refractivity contribution < 1.29 is 12.9 Å². The van der Waals surface area contributed by atoms with Crippen LogP contribution in [0.1, 0.15) is 24.7 Å². The number of benzene rings is 1. The zero-order chi connectivity index (χ0) is 16.4. The zero-order valence-electron chi connectivity index (χ0n) is 13.1. The summed E-state index contributed by atoms with van der Waals surface area (Å²) >= 11 is 1.68. The van der Waals surface area contributed by atoms with Crippen molar-refractivity contribution in [3.63, 3.8) is 0 Å².